The molecule has 0 saturated carbocycles. The predicted octanol–water partition coefficient (Wildman–Crippen LogP) is 2.47. The highest BCUT2D eigenvalue weighted by Crippen LogP contribution is 2.09. The van der Waals surface area contributed by atoms with Crippen LogP contribution in [0.2, 0.25) is 0 Å². The molecule has 104 valence electrons. The van der Waals surface area contributed by atoms with Crippen molar-refractivity contribution in [3.63, 3.8) is 0 Å². The second-order valence-corrected chi connectivity index (χ2v) is 5.00. The molecule has 0 radical (unpaired) electrons. The zero-order valence-electron chi connectivity index (χ0n) is 10.9. The number of nitrogens with zero attached hydrogens (tertiary/aromatic N) is 2. The molecule has 6 heteroatoms. The van der Waals surface area contributed by atoms with Crippen molar-refractivity contribution >= 4 is 27.5 Å². The fraction of sp³-hybridized carbons (Fsp3) is 0.214. The third-order valence-electron chi connectivity index (χ3n) is 2.53. The number of carbonyl (C=O) groups excluding carboxylic acids is 1. The number of hydrogen-bond donors (Lipinski definition) is 0. The summed E-state index contributed by atoms with van der Waals surface area (Å²) in [7, 11) is 0. The number of carbonyl (C=O) groups is 1. The average Bonchev–Trinajstić information content (AvgIpc) is 2.43. The first-order valence-corrected chi connectivity index (χ1v) is 6.90. The molecule has 2 aromatic rings. The van der Waals surface area contributed by atoms with Gasteiger partial charge in [-0.2, -0.15) is 0 Å². The Morgan fingerprint density at radius 3 is 3.05 bits per heavy atom. The first-order chi connectivity index (χ1) is 9.60. The van der Waals surface area contributed by atoms with Crippen LogP contribution in [0.3, 0.4) is 0 Å². The van der Waals surface area contributed by atoms with Crippen LogP contribution in [0.15, 0.2) is 45.8 Å². The maximum absolute atomic E-state index is 11.9. The number of ether oxygens (including phenoxy) is 1. The van der Waals surface area contributed by atoms with Crippen molar-refractivity contribution in [2.45, 2.75) is 20.0 Å². The number of hydrogen-bond acceptors (Lipinski definition) is 4. The maximum atomic E-state index is 11.9. The Morgan fingerprint density at radius 2 is 2.30 bits per heavy atom. The summed E-state index contributed by atoms with van der Waals surface area (Å²) < 4.78 is 7.22. The van der Waals surface area contributed by atoms with Gasteiger partial charge in [-0.3, -0.25) is 9.20 Å². The van der Waals surface area contributed by atoms with E-state index in [1.165, 1.54) is 16.5 Å². The smallest absolute Gasteiger partial charge is 0.330 e. The summed E-state index contributed by atoms with van der Waals surface area (Å²) in [6.45, 7) is 1.91. The minimum atomic E-state index is -0.440. The molecule has 0 atom stereocenters. The minimum absolute atomic E-state index is 0.0192. The lowest BCUT2D eigenvalue weighted by molar-refractivity contribution is -0.139. The highest BCUT2D eigenvalue weighted by atomic mass is 79.9. The van der Waals surface area contributed by atoms with Crippen molar-refractivity contribution in [1.29, 1.82) is 0 Å². The Hall–Kier alpha value is -1.95. The summed E-state index contributed by atoms with van der Waals surface area (Å²) in [6, 6.07) is 4.87. The highest BCUT2D eigenvalue weighted by molar-refractivity contribution is 9.10. The quantitative estimate of drug-likeness (QED) is 0.635. The molecule has 2 aromatic heterocycles. The molecular weight excluding hydrogens is 324 g/mol. The molecule has 0 N–H and O–H groups in total. The van der Waals surface area contributed by atoms with E-state index in [1.54, 1.807) is 24.4 Å². The Morgan fingerprint density at radius 1 is 1.50 bits per heavy atom. The van der Waals surface area contributed by atoms with Crippen LogP contribution in [0.4, 0.5) is 0 Å². The molecule has 0 aromatic carbocycles. The highest BCUT2D eigenvalue weighted by Gasteiger charge is 2.05. The van der Waals surface area contributed by atoms with Crippen LogP contribution >= 0.6 is 15.9 Å². The molecule has 5 nitrogen and oxygen atoms in total. The maximum Gasteiger partial charge on any atom is 0.330 e. The van der Waals surface area contributed by atoms with Gasteiger partial charge in [-0.15, -0.1) is 0 Å². The van der Waals surface area contributed by atoms with Gasteiger partial charge >= 0.3 is 5.97 Å². The van der Waals surface area contributed by atoms with Crippen molar-refractivity contribution in [3.8, 4) is 0 Å². The second-order valence-electron chi connectivity index (χ2n) is 4.08. The van der Waals surface area contributed by atoms with E-state index >= 15 is 0 Å². The van der Waals surface area contributed by atoms with E-state index in [4.69, 9.17) is 4.74 Å². The fourth-order valence-electron chi connectivity index (χ4n) is 1.61. The molecule has 2 heterocycles. The molecule has 0 fully saturated rings. The van der Waals surface area contributed by atoms with Crippen molar-refractivity contribution < 1.29 is 9.53 Å². The topological polar surface area (TPSA) is 60.7 Å². The van der Waals surface area contributed by atoms with E-state index < -0.39 is 5.97 Å². The molecule has 0 aliphatic carbocycles. The fourth-order valence-corrected chi connectivity index (χ4v) is 1.94. The molecule has 2 rings (SSSR count). The van der Waals surface area contributed by atoms with Gasteiger partial charge in [-0.05, 0) is 34.5 Å². The monoisotopic (exact) mass is 336 g/mol. The summed E-state index contributed by atoms with van der Waals surface area (Å²) in [6.07, 6.45) is 5.48. The van der Waals surface area contributed by atoms with Crippen LogP contribution in [0.5, 0.6) is 0 Å². The van der Waals surface area contributed by atoms with Gasteiger partial charge < -0.3 is 4.74 Å². The summed E-state index contributed by atoms with van der Waals surface area (Å²) in [5.41, 5.74) is 0.720. The molecule has 0 aliphatic heterocycles. The molecule has 0 bridgehead atoms. The van der Waals surface area contributed by atoms with Crippen molar-refractivity contribution in [2.75, 3.05) is 0 Å². The first kappa shape index (κ1) is 14.5. The van der Waals surface area contributed by atoms with Gasteiger partial charge in [0.2, 0.25) is 0 Å². The van der Waals surface area contributed by atoms with Crippen LogP contribution < -0.4 is 5.56 Å². The average molecular weight is 337 g/mol. The van der Waals surface area contributed by atoms with Gasteiger partial charge in [-0.1, -0.05) is 13.0 Å². The van der Waals surface area contributed by atoms with E-state index in [9.17, 15) is 9.59 Å². The van der Waals surface area contributed by atoms with Gasteiger partial charge in [0.15, 0.2) is 0 Å². The zero-order chi connectivity index (χ0) is 14.5. The zero-order valence-corrected chi connectivity index (χ0v) is 12.5. The van der Waals surface area contributed by atoms with Crippen LogP contribution in [0, 0.1) is 0 Å². The summed E-state index contributed by atoms with van der Waals surface area (Å²) in [4.78, 5) is 27.5. The van der Waals surface area contributed by atoms with E-state index in [0.717, 1.165) is 10.9 Å². The summed E-state index contributed by atoms with van der Waals surface area (Å²) in [5, 5.41) is 0. The Labute approximate surface area is 124 Å². The summed E-state index contributed by atoms with van der Waals surface area (Å²) >= 11 is 3.29. The first-order valence-electron chi connectivity index (χ1n) is 6.11. The largest absolute Gasteiger partial charge is 0.456 e. The lowest BCUT2D eigenvalue weighted by Gasteiger charge is -2.04. The van der Waals surface area contributed by atoms with Crippen LogP contribution in [-0.4, -0.2) is 15.4 Å². The Bertz CT molecular complexity index is 722. The van der Waals surface area contributed by atoms with E-state index in [-0.39, 0.29) is 12.2 Å². The lowest BCUT2D eigenvalue weighted by atomic mass is 10.4. The third-order valence-corrected chi connectivity index (χ3v) is 3.00. The van der Waals surface area contributed by atoms with E-state index in [2.05, 4.69) is 20.9 Å². The Balaban J connectivity index is 2.20. The Kier molecular flexibility index (Phi) is 4.68. The molecule has 0 amide bonds. The molecular formula is C14H13BrN2O3. The summed E-state index contributed by atoms with van der Waals surface area (Å²) in [5.74, 6) is -0.440. The predicted molar refractivity (Wildman–Crippen MR) is 78.4 cm³/mol. The van der Waals surface area contributed by atoms with Gasteiger partial charge in [-0.25, -0.2) is 9.78 Å². The van der Waals surface area contributed by atoms with E-state index in [1.807, 2.05) is 6.92 Å². The van der Waals surface area contributed by atoms with Crippen molar-refractivity contribution in [1.82, 2.24) is 9.38 Å². The lowest BCUT2D eigenvalue weighted by Crippen LogP contribution is -2.16. The van der Waals surface area contributed by atoms with Crippen LogP contribution in [0.1, 0.15) is 19.0 Å². The van der Waals surface area contributed by atoms with Gasteiger partial charge in [0.1, 0.15) is 12.3 Å². The van der Waals surface area contributed by atoms with E-state index in [0.29, 0.717) is 11.3 Å². The number of esters is 1. The van der Waals surface area contributed by atoms with Crippen LogP contribution in [-0.2, 0) is 16.1 Å². The normalized spacial score (nSPS) is 11.1. The standard InChI is InChI=1S/C14H13BrN2O3/c1-2-3-4-14(19)20-9-11-7-13(18)17-8-10(15)5-6-12(17)16-11/h3-8H,2,9H2,1H3/b4-3+. The van der Waals surface area contributed by atoms with Gasteiger partial charge in [0.05, 0.1) is 5.69 Å². The number of pyridine rings is 1. The number of halogens is 1. The van der Waals surface area contributed by atoms with Gasteiger partial charge in [0.25, 0.3) is 5.56 Å². The molecule has 0 unspecified atom stereocenters. The third kappa shape index (κ3) is 3.54. The number of aromatic nitrogens is 2. The molecule has 0 aliphatic rings. The van der Waals surface area contributed by atoms with Crippen molar-refractivity contribution in [2.24, 2.45) is 0 Å². The SMILES string of the molecule is CC/C=C/C(=O)OCc1cc(=O)n2cc(Br)ccc2n1. The molecule has 0 spiro atoms. The number of rotatable bonds is 4. The van der Waals surface area contributed by atoms with Crippen molar-refractivity contribution in [3.05, 3.63) is 57.1 Å². The van der Waals surface area contributed by atoms with Crippen LogP contribution in [0.25, 0.3) is 5.65 Å². The number of fused-ring (bicyclic) bond motifs is 1. The van der Waals surface area contributed by atoms with Gasteiger partial charge in [0, 0.05) is 22.8 Å². The molecule has 20 heavy (non-hydrogen) atoms. The number of allylic oxidation sites excluding steroid dienone is 1. The molecule has 0 saturated heterocycles. The second kappa shape index (κ2) is 6.47. The minimum Gasteiger partial charge on any atom is -0.456 e.